The Hall–Kier alpha value is -1.47. The molecule has 2 rings (SSSR count). The zero-order chi connectivity index (χ0) is 16.5. The van der Waals surface area contributed by atoms with Gasteiger partial charge >= 0.3 is 0 Å². The number of nitrogens with zero attached hydrogens (tertiary/aromatic N) is 3. The SMILES string of the molecule is Cc1cccnc1S(=O)(=O)N1CCN(CC(C)C)C(=O)C1C. The lowest BCUT2D eigenvalue weighted by Gasteiger charge is -2.38. The first-order valence-corrected chi connectivity index (χ1v) is 8.91. The Kier molecular flexibility index (Phi) is 4.87. The Morgan fingerprint density at radius 2 is 2.05 bits per heavy atom. The van der Waals surface area contributed by atoms with Crippen molar-refractivity contribution in [2.24, 2.45) is 5.92 Å². The molecule has 1 amide bonds. The number of amides is 1. The normalized spacial score (nSPS) is 20.7. The van der Waals surface area contributed by atoms with Crippen molar-refractivity contribution in [3.8, 4) is 0 Å². The predicted molar refractivity (Wildman–Crippen MR) is 83.7 cm³/mol. The Balaban J connectivity index is 2.27. The van der Waals surface area contributed by atoms with Gasteiger partial charge in [0.05, 0.1) is 0 Å². The van der Waals surface area contributed by atoms with Crippen LogP contribution in [0, 0.1) is 12.8 Å². The summed E-state index contributed by atoms with van der Waals surface area (Å²) in [5.41, 5.74) is 0.590. The molecule has 1 atom stereocenters. The molecule has 1 fully saturated rings. The van der Waals surface area contributed by atoms with Crippen molar-refractivity contribution in [2.45, 2.75) is 38.8 Å². The first kappa shape index (κ1) is 16.9. The van der Waals surface area contributed by atoms with Gasteiger partial charge in [-0.1, -0.05) is 19.9 Å². The second kappa shape index (κ2) is 6.34. The molecule has 1 aromatic heterocycles. The average Bonchev–Trinajstić information content (AvgIpc) is 2.43. The third-order valence-electron chi connectivity index (χ3n) is 3.79. The zero-order valence-corrected chi connectivity index (χ0v) is 14.3. The Morgan fingerprint density at radius 3 is 2.64 bits per heavy atom. The Bertz CT molecular complexity index is 658. The molecular weight excluding hydrogens is 302 g/mol. The molecule has 1 unspecified atom stereocenters. The second-order valence-corrected chi connectivity index (χ2v) is 7.90. The predicted octanol–water partition coefficient (Wildman–Crippen LogP) is 1.27. The zero-order valence-electron chi connectivity index (χ0n) is 13.5. The van der Waals surface area contributed by atoms with Crippen molar-refractivity contribution >= 4 is 15.9 Å². The summed E-state index contributed by atoms with van der Waals surface area (Å²) in [7, 11) is -3.75. The van der Waals surface area contributed by atoms with Crippen molar-refractivity contribution in [1.82, 2.24) is 14.2 Å². The summed E-state index contributed by atoms with van der Waals surface area (Å²) in [6, 6.07) is 2.71. The van der Waals surface area contributed by atoms with Crippen LogP contribution in [-0.2, 0) is 14.8 Å². The number of hydrogen-bond acceptors (Lipinski definition) is 4. The van der Waals surface area contributed by atoms with Crippen molar-refractivity contribution in [2.75, 3.05) is 19.6 Å². The Morgan fingerprint density at radius 1 is 1.36 bits per heavy atom. The highest BCUT2D eigenvalue weighted by molar-refractivity contribution is 7.89. The number of aryl methyl sites for hydroxylation is 1. The van der Waals surface area contributed by atoms with Gasteiger partial charge in [0.25, 0.3) is 10.0 Å². The van der Waals surface area contributed by atoms with Crippen molar-refractivity contribution in [1.29, 1.82) is 0 Å². The number of piperazine rings is 1. The quantitative estimate of drug-likeness (QED) is 0.836. The van der Waals surface area contributed by atoms with Gasteiger partial charge in [-0.05, 0) is 31.4 Å². The highest BCUT2D eigenvalue weighted by atomic mass is 32.2. The standard InChI is InChI=1S/C15H23N3O3S/c1-11(2)10-17-8-9-18(13(4)15(17)19)22(20,21)14-12(3)6-5-7-16-14/h5-7,11,13H,8-10H2,1-4H3. The highest BCUT2D eigenvalue weighted by Gasteiger charge is 2.40. The van der Waals surface area contributed by atoms with Gasteiger partial charge in [-0.25, -0.2) is 13.4 Å². The van der Waals surface area contributed by atoms with Crippen LogP contribution < -0.4 is 0 Å². The molecule has 22 heavy (non-hydrogen) atoms. The molecule has 7 heteroatoms. The van der Waals surface area contributed by atoms with Gasteiger partial charge in [0.15, 0.2) is 5.03 Å². The van der Waals surface area contributed by atoms with Crippen molar-refractivity contribution < 1.29 is 13.2 Å². The van der Waals surface area contributed by atoms with Crippen LogP contribution in [0.5, 0.6) is 0 Å². The lowest BCUT2D eigenvalue weighted by Crippen LogP contribution is -2.58. The molecule has 0 radical (unpaired) electrons. The van der Waals surface area contributed by atoms with E-state index < -0.39 is 16.1 Å². The average molecular weight is 325 g/mol. The molecule has 0 aliphatic carbocycles. The van der Waals surface area contributed by atoms with E-state index in [-0.39, 0.29) is 10.9 Å². The summed E-state index contributed by atoms with van der Waals surface area (Å²) in [5.74, 6) is 0.217. The molecule has 0 spiro atoms. The molecule has 0 aromatic carbocycles. The van der Waals surface area contributed by atoms with Gasteiger partial charge in [0.2, 0.25) is 5.91 Å². The molecule has 122 valence electrons. The lowest BCUT2D eigenvalue weighted by molar-refractivity contribution is -0.138. The van der Waals surface area contributed by atoms with Crippen LogP contribution in [0.2, 0.25) is 0 Å². The minimum absolute atomic E-state index is 0.0342. The van der Waals surface area contributed by atoms with Crippen LogP contribution in [0.4, 0.5) is 0 Å². The molecule has 0 bridgehead atoms. The maximum atomic E-state index is 12.8. The van der Waals surface area contributed by atoms with Crippen LogP contribution in [0.15, 0.2) is 23.4 Å². The fraction of sp³-hybridized carbons (Fsp3) is 0.600. The number of rotatable bonds is 4. The second-order valence-electron chi connectivity index (χ2n) is 6.10. The molecule has 1 saturated heterocycles. The monoisotopic (exact) mass is 325 g/mol. The Labute approximate surface area is 132 Å². The maximum absolute atomic E-state index is 12.8. The number of pyridine rings is 1. The summed E-state index contributed by atoms with van der Waals surface area (Å²) in [4.78, 5) is 18.2. The van der Waals surface area contributed by atoms with Gasteiger partial charge < -0.3 is 4.90 Å². The summed E-state index contributed by atoms with van der Waals surface area (Å²) in [5, 5.41) is 0.0342. The van der Waals surface area contributed by atoms with E-state index in [0.29, 0.717) is 31.1 Å². The van der Waals surface area contributed by atoms with E-state index in [1.807, 2.05) is 13.8 Å². The van der Waals surface area contributed by atoms with E-state index in [0.717, 1.165) is 0 Å². The molecule has 6 nitrogen and oxygen atoms in total. The van der Waals surface area contributed by atoms with Gasteiger partial charge in [-0.2, -0.15) is 4.31 Å². The molecule has 1 aromatic rings. The van der Waals surface area contributed by atoms with E-state index in [9.17, 15) is 13.2 Å². The molecule has 1 aliphatic rings. The van der Waals surface area contributed by atoms with Crippen molar-refractivity contribution in [3.05, 3.63) is 23.9 Å². The van der Waals surface area contributed by atoms with Crippen molar-refractivity contribution in [3.63, 3.8) is 0 Å². The number of carbonyl (C=O) groups excluding carboxylic acids is 1. The van der Waals surface area contributed by atoms with Gasteiger partial charge in [-0.15, -0.1) is 0 Å². The number of carbonyl (C=O) groups is 1. The van der Waals surface area contributed by atoms with Crippen LogP contribution >= 0.6 is 0 Å². The fourth-order valence-corrected chi connectivity index (χ4v) is 4.43. The third-order valence-corrected chi connectivity index (χ3v) is 5.82. The summed E-state index contributed by atoms with van der Waals surface area (Å²) in [6.07, 6.45) is 1.46. The van der Waals surface area contributed by atoms with Crippen LogP contribution in [0.25, 0.3) is 0 Å². The lowest BCUT2D eigenvalue weighted by atomic mass is 10.1. The molecular formula is C15H23N3O3S. The van der Waals surface area contributed by atoms with E-state index in [2.05, 4.69) is 4.98 Å². The fourth-order valence-electron chi connectivity index (χ4n) is 2.71. The maximum Gasteiger partial charge on any atom is 0.261 e. The molecule has 1 aliphatic heterocycles. The third kappa shape index (κ3) is 3.15. The van der Waals surface area contributed by atoms with Gasteiger partial charge in [-0.3, -0.25) is 4.79 Å². The van der Waals surface area contributed by atoms with Crippen LogP contribution in [0.1, 0.15) is 26.3 Å². The number of sulfonamides is 1. The van der Waals surface area contributed by atoms with E-state index >= 15 is 0 Å². The summed E-state index contributed by atoms with van der Waals surface area (Å²) < 4.78 is 26.8. The van der Waals surface area contributed by atoms with E-state index in [1.54, 1.807) is 30.9 Å². The number of hydrogen-bond donors (Lipinski definition) is 0. The molecule has 2 heterocycles. The smallest absolute Gasteiger partial charge is 0.261 e. The van der Waals surface area contributed by atoms with E-state index in [4.69, 9.17) is 0 Å². The molecule has 0 saturated carbocycles. The number of aromatic nitrogens is 1. The highest BCUT2D eigenvalue weighted by Crippen LogP contribution is 2.23. The minimum Gasteiger partial charge on any atom is -0.340 e. The van der Waals surface area contributed by atoms with Crippen LogP contribution in [-0.4, -0.2) is 54.2 Å². The first-order chi connectivity index (χ1) is 10.2. The summed E-state index contributed by atoms with van der Waals surface area (Å²) >= 11 is 0. The minimum atomic E-state index is -3.75. The largest absolute Gasteiger partial charge is 0.340 e. The van der Waals surface area contributed by atoms with Crippen LogP contribution in [0.3, 0.4) is 0 Å². The molecule has 0 N–H and O–H groups in total. The first-order valence-electron chi connectivity index (χ1n) is 7.47. The topological polar surface area (TPSA) is 70.6 Å². The van der Waals surface area contributed by atoms with Gasteiger partial charge in [0.1, 0.15) is 6.04 Å². The summed E-state index contributed by atoms with van der Waals surface area (Å²) in [6.45, 7) is 8.81. The van der Waals surface area contributed by atoms with Gasteiger partial charge in [0, 0.05) is 25.8 Å². The van der Waals surface area contributed by atoms with E-state index in [1.165, 1.54) is 10.5 Å².